The predicted molar refractivity (Wildman–Crippen MR) is 146 cm³/mol. The van der Waals surface area contributed by atoms with Crippen molar-refractivity contribution in [3.8, 4) is 16.9 Å². The van der Waals surface area contributed by atoms with Gasteiger partial charge in [0, 0.05) is 39.5 Å². The summed E-state index contributed by atoms with van der Waals surface area (Å²) in [6.45, 7) is 4.10. The Morgan fingerprint density at radius 2 is 1.90 bits per heavy atom. The molecular formula is C27H26ClF3N4O3S. The molecule has 1 aromatic carbocycles. The SMILES string of the molecule is Cc1cc(Cl)cc(-c2ccnc3cc(Cn4c(=O)ccn(CC(F)(F)F)c4=O)sc23)c1OC1(C)CCNCC1. The predicted octanol–water partition coefficient (Wildman–Crippen LogP) is 5.38. The number of thiophene rings is 1. The Morgan fingerprint density at radius 1 is 1.15 bits per heavy atom. The van der Waals surface area contributed by atoms with Crippen LogP contribution in [0, 0.1) is 6.92 Å². The van der Waals surface area contributed by atoms with Crippen LogP contribution < -0.4 is 21.3 Å². The smallest absolute Gasteiger partial charge is 0.406 e. The number of rotatable bonds is 6. The van der Waals surface area contributed by atoms with Crippen LogP contribution in [0.1, 0.15) is 30.2 Å². The zero-order valence-corrected chi connectivity index (χ0v) is 22.8. The van der Waals surface area contributed by atoms with Crippen molar-refractivity contribution in [1.82, 2.24) is 19.4 Å². The highest BCUT2D eigenvalue weighted by molar-refractivity contribution is 7.19. The number of ether oxygens (including phenoxy) is 1. The molecule has 0 aliphatic carbocycles. The van der Waals surface area contributed by atoms with Crippen molar-refractivity contribution >= 4 is 33.2 Å². The Balaban J connectivity index is 1.57. The number of nitrogens with one attached hydrogen (secondary N) is 1. The van der Waals surface area contributed by atoms with Crippen LogP contribution >= 0.6 is 22.9 Å². The Bertz CT molecular complexity index is 1660. The first-order chi connectivity index (χ1) is 18.4. The van der Waals surface area contributed by atoms with Crippen LogP contribution in [0.4, 0.5) is 13.2 Å². The molecule has 1 aliphatic heterocycles. The molecule has 0 amide bonds. The van der Waals surface area contributed by atoms with Gasteiger partial charge >= 0.3 is 11.9 Å². The number of fused-ring (bicyclic) bond motifs is 1. The zero-order chi connectivity index (χ0) is 27.9. The van der Waals surface area contributed by atoms with Crippen molar-refractivity contribution < 1.29 is 17.9 Å². The maximum absolute atomic E-state index is 12.9. The van der Waals surface area contributed by atoms with Crippen LogP contribution in [-0.4, -0.2) is 39.0 Å². The summed E-state index contributed by atoms with van der Waals surface area (Å²) in [5, 5.41) is 3.90. The lowest BCUT2D eigenvalue weighted by atomic mass is 9.93. The lowest BCUT2D eigenvalue weighted by molar-refractivity contribution is -0.141. The third kappa shape index (κ3) is 5.90. The maximum atomic E-state index is 12.9. The fraction of sp³-hybridized carbons (Fsp3) is 0.370. The van der Waals surface area contributed by atoms with E-state index in [0.717, 1.165) is 69.9 Å². The summed E-state index contributed by atoms with van der Waals surface area (Å²) in [7, 11) is 0. The number of piperidine rings is 1. The summed E-state index contributed by atoms with van der Waals surface area (Å²) in [5.74, 6) is 0.723. The van der Waals surface area contributed by atoms with Crippen LogP contribution in [-0.2, 0) is 13.1 Å². The van der Waals surface area contributed by atoms with E-state index in [-0.39, 0.29) is 12.1 Å². The quantitative estimate of drug-likeness (QED) is 0.332. The van der Waals surface area contributed by atoms with Crippen LogP contribution in [0.15, 0.2) is 52.3 Å². The number of pyridine rings is 1. The molecule has 0 spiro atoms. The maximum Gasteiger partial charge on any atom is 0.406 e. The summed E-state index contributed by atoms with van der Waals surface area (Å²) in [6.07, 6.45) is -0.374. The van der Waals surface area contributed by atoms with E-state index in [9.17, 15) is 22.8 Å². The molecule has 0 bridgehead atoms. The summed E-state index contributed by atoms with van der Waals surface area (Å²) >= 11 is 7.79. The zero-order valence-electron chi connectivity index (χ0n) is 21.3. The van der Waals surface area contributed by atoms with E-state index in [4.69, 9.17) is 16.3 Å². The largest absolute Gasteiger partial charge is 0.487 e. The van der Waals surface area contributed by atoms with Crippen molar-refractivity contribution in [2.24, 2.45) is 0 Å². The molecule has 0 saturated carbocycles. The molecule has 5 rings (SSSR count). The van der Waals surface area contributed by atoms with Gasteiger partial charge in [0.2, 0.25) is 0 Å². The fourth-order valence-electron chi connectivity index (χ4n) is 4.82. The third-order valence-corrected chi connectivity index (χ3v) is 8.17. The first kappa shape index (κ1) is 27.4. The second-order valence-electron chi connectivity index (χ2n) is 9.95. The van der Waals surface area contributed by atoms with Crippen LogP contribution in [0.2, 0.25) is 5.02 Å². The number of hydrogen-bond donors (Lipinski definition) is 1. The molecule has 39 heavy (non-hydrogen) atoms. The van der Waals surface area contributed by atoms with Crippen LogP contribution in [0.25, 0.3) is 21.3 Å². The Kier molecular flexibility index (Phi) is 7.34. The standard InChI is InChI=1S/C27H26ClF3N4O3S/c1-16-11-17(28)12-20(23(16)38-26(2)5-8-32-9-6-26)19-3-7-33-21-13-18(39-24(19)21)14-35-22(36)4-10-34(25(35)37)15-27(29,30)31/h3-4,7,10-13,32H,5-6,8-9,14-15H2,1-2H3. The summed E-state index contributed by atoms with van der Waals surface area (Å²) < 4.78 is 47.5. The van der Waals surface area contributed by atoms with Gasteiger partial charge < -0.3 is 10.1 Å². The van der Waals surface area contributed by atoms with Crippen LogP contribution in [0.5, 0.6) is 5.75 Å². The number of hydrogen-bond acceptors (Lipinski definition) is 6. The molecule has 4 heterocycles. The molecule has 1 N–H and O–H groups in total. The molecule has 3 aromatic heterocycles. The average Bonchev–Trinajstić information content (AvgIpc) is 3.28. The van der Waals surface area contributed by atoms with Gasteiger partial charge in [-0.05, 0) is 69.6 Å². The van der Waals surface area contributed by atoms with Gasteiger partial charge in [0.1, 0.15) is 17.9 Å². The number of alkyl halides is 3. The first-order valence-electron chi connectivity index (χ1n) is 12.4. The van der Waals surface area contributed by atoms with Gasteiger partial charge in [0.05, 0.1) is 16.8 Å². The van der Waals surface area contributed by atoms with E-state index in [2.05, 4.69) is 17.2 Å². The van der Waals surface area contributed by atoms with Gasteiger partial charge in [0.15, 0.2) is 0 Å². The van der Waals surface area contributed by atoms with Crippen molar-refractivity contribution in [3.63, 3.8) is 0 Å². The Hall–Kier alpha value is -3.15. The Labute approximate surface area is 230 Å². The molecular weight excluding hydrogens is 553 g/mol. The van der Waals surface area contributed by atoms with E-state index >= 15 is 0 Å². The lowest BCUT2D eigenvalue weighted by Crippen LogP contribution is -2.44. The number of aromatic nitrogens is 3. The van der Waals surface area contributed by atoms with E-state index in [1.165, 1.54) is 11.3 Å². The summed E-state index contributed by atoms with van der Waals surface area (Å²) in [4.78, 5) is 30.2. The van der Waals surface area contributed by atoms with Gasteiger partial charge in [-0.3, -0.25) is 18.9 Å². The minimum atomic E-state index is -4.59. The number of halogens is 4. The number of nitrogens with zero attached hydrogens (tertiary/aromatic N) is 3. The average molecular weight is 579 g/mol. The molecule has 1 saturated heterocycles. The minimum absolute atomic E-state index is 0.181. The minimum Gasteiger partial charge on any atom is -0.487 e. The molecule has 206 valence electrons. The molecule has 4 aromatic rings. The number of benzene rings is 1. The van der Waals surface area contributed by atoms with Gasteiger partial charge in [0.25, 0.3) is 5.56 Å². The van der Waals surface area contributed by atoms with Crippen molar-refractivity contribution in [2.45, 2.75) is 51.6 Å². The molecule has 7 nitrogen and oxygen atoms in total. The van der Waals surface area contributed by atoms with Crippen molar-refractivity contribution in [1.29, 1.82) is 0 Å². The van der Waals surface area contributed by atoms with Gasteiger partial charge in [-0.25, -0.2) is 4.79 Å². The molecule has 1 aliphatic rings. The highest BCUT2D eigenvalue weighted by Crippen LogP contribution is 2.43. The molecule has 0 radical (unpaired) electrons. The highest BCUT2D eigenvalue weighted by Gasteiger charge is 2.31. The lowest BCUT2D eigenvalue weighted by Gasteiger charge is -2.36. The molecule has 1 fully saturated rings. The number of aryl methyl sites for hydroxylation is 1. The second-order valence-corrected chi connectivity index (χ2v) is 11.5. The molecule has 0 unspecified atom stereocenters. The van der Waals surface area contributed by atoms with Crippen molar-refractivity contribution in [3.05, 3.63) is 79.0 Å². The van der Waals surface area contributed by atoms with E-state index in [1.54, 1.807) is 12.3 Å². The van der Waals surface area contributed by atoms with Gasteiger partial charge in [-0.1, -0.05) is 11.6 Å². The monoisotopic (exact) mass is 578 g/mol. The highest BCUT2D eigenvalue weighted by atomic mass is 35.5. The van der Waals surface area contributed by atoms with E-state index in [1.807, 2.05) is 25.1 Å². The van der Waals surface area contributed by atoms with Gasteiger partial charge in [-0.2, -0.15) is 13.2 Å². The fourth-order valence-corrected chi connectivity index (χ4v) is 6.22. The second kappa shape index (κ2) is 10.4. The molecule has 0 atom stereocenters. The topological polar surface area (TPSA) is 78.2 Å². The van der Waals surface area contributed by atoms with Crippen molar-refractivity contribution in [2.75, 3.05) is 13.1 Å². The Morgan fingerprint density at radius 3 is 2.62 bits per heavy atom. The van der Waals surface area contributed by atoms with E-state index in [0.29, 0.717) is 20.0 Å². The summed E-state index contributed by atoms with van der Waals surface area (Å²) in [6, 6.07) is 8.26. The molecule has 12 heteroatoms. The van der Waals surface area contributed by atoms with Crippen LogP contribution in [0.3, 0.4) is 0 Å². The normalized spacial score (nSPS) is 15.5. The first-order valence-corrected chi connectivity index (χ1v) is 13.6. The van der Waals surface area contributed by atoms with E-state index < -0.39 is 24.0 Å². The van der Waals surface area contributed by atoms with Gasteiger partial charge in [-0.15, -0.1) is 11.3 Å². The third-order valence-electron chi connectivity index (χ3n) is 6.81. The summed E-state index contributed by atoms with van der Waals surface area (Å²) in [5.41, 5.74) is 1.08.